The lowest BCUT2D eigenvalue weighted by Gasteiger charge is -2.29. The van der Waals surface area contributed by atoms with Gasteiger partial charge in [-0.3, -0.25) is 15.0 Å². The van der Waals surface area contributed by atoms with Crippen LogP contribution in [0.25, 0.3) is 0 Å². The van der Waals surface area contributed by atoms with Gasteiger partial charge < -0.3 is 33.2 Å². The summed E-state index contributed by atoms with van der Waals surface area (Å²) in [5.41, 5.74) is 23.9. The van der Waals surface area contributed by atoms with Gasteiger partial charge in [0.25, 0.3) is 0 Å². The Balaban J connectivity index is 4.64. The number of carbonyl (C=O) groups excluding carboxylic acids is 2. The first-order valence-electron chi connectivity index (χ1n) is 18.4. The molecule has 3 unspecified atom stereocenters. The van der Waals surface area contributed by atoms with Crippen LogP contribution in [0.2, 0.25) is 0 Å². The van der Waals surface area contributed by atoms with Crippen LogP contribution < -0.4 is 28.3 Å². The highest BCUT2D eigenvalue weighted by Gasteiger charge is 2.32. The van der Waals surface area contributed by atoms with E-state index in [9.17, 15) is 9.59 Å². The monoisotopic (exact) mass is 624 g/mol. The zero-order valence-corrected chi connectivity index (χ0v) is 28.9. The quantitative estimate of drug-likeness (QED) is 0.0291. The fraction of sp³-hybridized carbons (Fsp3) is 0.914. The van der Waals surface area contributed by atoms with Crippen LogP contribution in [-0.2, 0) is 9.59 Å². The van der Waals surface area contributed by atoms with Crippen molar-refractivity contribution in [2.45, 2.75) is 186 Å². The molecule has 0 spiro atoms. The van der Waals surface area contributed by atoms with Crippen molar-refractivity contribution in [1.29, 1.82) is 5.41 Å². The number of rotatable bonds is 32. The van der Waals surface area contributed by atoms with Gasteiger partial charge in [0, 0.05) is 19.6 Å². The molecular weight excluding hydrogens is 550 g/mol. The highest BCUT2D eigenvalue weighted by Crippen LogP contribution is 2.14. The lowest BCUT2D eigenvalue weighted by Crippen LogP contribution is -2.59. The summed E-state index contributed by atoms with van der Waals surface area (Å²) in [5, 5.41) is 9.91. The van der Waals surface area contributed by atoms with Gasteiger partial charge in [-0.15, -0.1) is 0 Å². The summed E-state index contributed by atoms with van der Waals surface area (Å²) in [6.45, 7) is 6.27. The van der Waals surface area contributed by atoms with Crippen molar-refractivity contribution < 1.29 is 9.59 Å². The molecule has 44 heavy (non-hydrogen) atoms. The van der Waals surface area contributed by atoms with Crippen molar-refractivity contribution in [1.82, 2.24) is 10.2 Å². The normalized spacial score (nSPS) is 13.4. The number of hydrogen-bond acceptors (Lipinski definition) is 6. The Bertz CT molecular complexity index is 707. The van der Waals surface area contributed by atoms with Crippen molar-refractivity contribution in [2.24, 2.45) is 22.9 Å². The van der Waals surface area contributed by atoms with Crippen LogP contribution in [-0.4, -0.2) is 60.3 Å². The van der Waals surface area contributed by atoms with E-state index >= 15 is 0 Å². The number of hydrogen-bond donors (Lipinski definition) is 6. The third kappa shape index (κ3) is 23.6. The van der Waals surface area contributed by atoms with Crippen molar-refractivity contribution in [2.75, 3.05) is 19.6 Å². The molecule has 10 N–H and O–H groups in total. The molecule has 0 radical (unpaired) electrons. The Labute approximate surface area is 271 Å². The third-order valence-corrected chi connectivity index (χ3v) is 8.75. The van der Waals surface area contributed by atoms with Crippen LogP contribution in [0.3, 0.4) is 0 Å². The largest absolute Gasteiger partial charge is 0.370 e. The topological polar surface area (TPSA) is 177 Å². The van der Waals surface area contributed by atoms with Gasteiger partial charge in [-0.1, -0.05) is 142 Å². The molecule has 0 fully saturated rings. The summed E-state index contributed by atoms with van der Waals surface area (Å²) in [6, 6.07) is -3.02. The molecule has 0 aliphatic heterocycles. The van der Waals surface area contributed by atoms with Crippen LogP contribution in [0.5, 0.6) is 0 Å². The van der Waals surface area contributed by atoms with E-state index in [2.05, 4.69) is 19.2 Å². The zero-order valence-electron chi connectivity index (χ0n) is 28.9. The SMILES string of the molecule is CCCCCCCCCCCCCCN(CCCCCCCCCCCC)C(=O)C(N)C(N)C(=O)C(N)CCCNC(=N)N. The van der Waals surface area contributed by atoms with E-state index in [0.29, 0.717) is 32.5 Å². The predicted molar refractivity (Wildman–Crippen MR) is 188 cm³/mol. The van der Waals surface area contributed by atoms with Crippen LogP contribution in [0.4, 0.5) is 0 Å². The zero-order chi connectivity index (χ0) is 32.8. The fourth-order valence-electron chi connectivity index (χ4n) is 5.74. The van der Waals surface area contributed by atoms with Gasteiger partial charge in [0.05, 0.1) is 12.1 Å². The maximum absolute atomic E-state index is 13.5. The van der Waals surface area contributed by atoms with Gasteiger partial charge in [0.15, 0.2) is 11.7 Å². The van der Waals surface area contributed by atoms with E-state index in [4.69, 9.17) is 28.3 Å². The van der Waals surface area contributed by atoms with Crippen LogP contribution in [0.15, 0.2) is 0 Å². The number of nitrogens with zero attached hydrogens (tertiary/aromatic N) is 1. The van der Waals surface area contributed by atoms with E-state index < -0.39 is 23.9 Å². The third-order valence-electron chi connectivity index (χ3n) is 8.75. The Morgan fingerprint density at radius 1 is 0.591 bits per heavy atom. The number of carbonyl (C=O) groups is 2. The maximum Gasteiger partial charge on any atom is 0.241 e. The molecule has 0 aliphatic rings. The minimum atomic E-state index is -1.13. The van der Waals surface area contributed by atoms with E-state index in [-0.39, 0.29) is 11.9 Å². The number of ketones is 1. The van der Waals surface area contributed by atoms with E-state index in [1.807, 2.05) is 4.90 Å². The first-order valence-corrected chi connectivity index (χ1v) is 18.4. The Kier molecular flexibility index (Phi) is 28.8. The van der Waals surface area contributed by atoms with Crippen LogP contribution in [0, 0.1) is 5.41 Å². The van der Waals surface area contributed by atoms with Crippen LogP contribution >= 0.6 is 0 Å². The molecule has 9 heteroatoms. The van der Waals surface area contributed by atoms with Gasteiger partial charge in [-0.25, -0.2) is 0 Å². The summed E-state index contributed by atoms with van der Waals surface area (Å²) in [6.07, 6.45) is 28.5. The van der Waals surface area contributed by atoms with Crippen molar-refractivity contribution in [3.63, 3.8) is 0 Å². The second kappa shape index (κ2) is 30.0. The molecule has 0 heterocycles. The number of amides is 1. The Morgan fingerprint density at radius 2 is 0.955 bits per heavy atom. The second-order valence-electron chi connectivity index (χ2n) is 12.9. The summed E-state index contributed by atoms with van der Waals surface area (Å²) < 4.78 is 0. The molecule has 0 aromatic heterocycles. The maximum atomic E-state index is 13.5. The second-order valence-corrected chi connectivity index (χ2v) is 12.9. The van der Waals surface area contributed by atoms with Crippen molar-refractivity contribution in [3.8, 4) is 0 Å². The Hall–Kier alpha value is -1.71. The molecule has 0 rings (SSSR count). The number of nitrogens with two attached hydrogens (primary N) is 4. The lowest BCUT2D eigenvalue weighted by atomic mass is 9.96. The van der Waals surface area contributed by atoms with E-state index in [1.54, 1.807) is 0 Å². The molecule has 1 amide bonds. The molecule has 0 aromatic rings. The van der Waals surface area contributed by atoms with Gasteiger partial charge >= 0.3 is 0 Å². The standard InChI is InChI=1S/C35H73N7O2/c1-3-5-7-9-11-13-15-16-18-20-22-24-29-42(28-23-21-19-17-14-12-10-8-6-4-2)34(44)32(38)31(37)33(43)30(36)26-25-27-41-35(39)40/h30-32H,3-29,36-38H2,1-2H3,(H4,39,40,41). The average molecular weight is 624 g/mol. The Morgan fingerprint density at radius 3 is 1.32 bits per heavy atom. The first-order chi connectivity index (χ1) is 21.3. The smallest absolute Gasteiger partial charge is 0.241 e. The predicted octanol–water partition coefficient (Wildman–Crippen LogP) is 6.25. The minimum absolute atomic E-state index is 0.120. The fourth-order valence-corrected chi connectivity index (χ4v) is 5.74. The number of Topliss-reactive ketones (excluding diaryl/α,β-unsaturated/α-hetero) is 1. The van der Waals surface area contributed by atoms with Gasteiger partial charge in [0.2, 0.25) is 5.91 Å². The van der Waals surface area contributed by atoms with E-state index in [0.717, 1.165) is 25.7 Å². The number of nitrogens with one attached hydrogen (secondary N) is 2. The van der Waals surface area contributed by atoms with Crippen molar-refractivity contribution >= 4 is 17.6 Å². The van der Waals surface area contributed by atoms with Crippen molar-refractivity contribution in [3.05, 3.63) is 0 Å². The number of guanidine groups is 1. The highest BCUT2D eigenvalue weighted by molar-refractivity contribution is 5.95. The van der Waals surface area contributed by atoms with Gasteiger partial charge in [0.1, 0.15) is 6.04 Å². The average Bonchev–Trinajstić information content (AvgIpc) is 3.01. The summed E-state index contributed by atoms with van der Waals surface area (Å²) in [7, 11) is 0. The summed E-state index contributed by atoms with van der Waals surface area (Å²) in [5.74, 6) is -0.752. The molecule has 0 bridgehead atoms. The minimum Gasteiger partial charge on any atom is -0.370 e. The number of unbranched alkanes of at least 4 members (excludes halogenated alkanes) is 20. The summed E-state index contributed by atoms with van der Waals surface area (Å²) in [4.78, 5) is 28.2. The van der Waals surface area contributed by atoms with Crippen LogP contribution in [0.1, 0.15) is 168 Å². The molecule has 9 nitrogen and oxygen atoms in total. The molecule has 0 aliphatic carbocycles. The molecule has 0 saturated carbocycles. The molecule has 3 atom stereocenters. The summed E-state index contributed by atoms with van der Waals surface area (Å²) >= 11 is 0. The highest BCUT2D eigenvalue weighted by atomic mass is 16.2. The first kappa shape index (κ1) is 42.3. The van der Waals surface area contributed by atoms with E-state index in [1.165, 1.54) is 116 Å². The van der Waals surface area contributed by atoms with Gasteiger partial charge in [-0.2, -0.15) is 0 Å². The molecular formula is C35H73N7O2. The molecule has 0 saturated heterocycles. The molecule has 0 aromatic carbocycles. The lowest BCUT2D eigenvalue weighted by molar-refractivity contribution is -0.136. The van der Waals surface area contributed by atoms with Gasteiger partial charge in [-0.05, 0) is 25.7 Å². The molecule has 260 valence electrons.